The van der Waals surface area contributed by atoms with Crippen molar-refractivity contribution >= 4 is 34.2 Å². The maximum absolute atomic E-state index is 6.06. The monoisotopic (exact) mass is 295 g/mol. The van der Waals surface area contributed by atoms with Gasteiger partial charge in [-0.3, -0.25) is 0 Å². The van der Waals surface area contributed by atoms with E-state index in [1.165, 1.54) is 3.57 Å². The van der Waals surface area contributed by atoms with E-state index in [0.29, 0.717) is 6.04 Å². The zero-order chi connectivity index (χ0) is 9.14. The minimum atomic E-state index is 0.314. The Bertz CT molecular complexity index is 275. The highest BCUT2D eigenvalue weighted by Crippen LogP contribution is 2.24. The van der Waals surface area contributed by atoms with Gasteiger partial charge < -0.3 is 5.32 Å². The molecule has 66 valence electrons. The summed E-state index contributed by atoms with van der Waals surface area (Å²) < 4.78 is 1.17. The Balaban J connectivity index is 3.01. The Morgan fingerprint density at radius 3 is 2.67 bits per heavy atom. The summed E-state index contributed by atoms with van der Waals surface area (Å²) in [7, 11) is 1.93. The molecule has 1 N–H and O–H groups in total. The Labute approximate surface area is 91.6 Å². The quantitative estimate of drug-likeness (QED) is 0.826. The Morgan fingerprint density at radius 1 is 1.50 bits per heavy atom. The Morgan fingerprint density at radius 2 is 2.17 bits per heavy atom. The lowest BCUT2D eigenvalue weighted by Gasteiger charge is -2.12. The van der Waals surface area contributed by atoms with Crippen LogP contribution >= 0.6 is 34.2 Å². The Kier molecular flexibility index (Phi) is 3.80. The van der Waals surface area contributed by atoms with Gasteiger partial charge in [0.05, 0.1) is 0 Å². The molecule has 1 rings (SSSR count). The van der Waals surface area contributed by atoms with Gasteiger partial charge in [-0.25, -0.2) is 0 Å². The van der Waals surface area contributed by atoms with E-state index in [4.69, 9.17) is 11.6 Å². The average molecular weight is 296 g/mol. The van der Waals surface area contributed by atoms with Crippen LogP contribution in [0.3, 0.4) is 0 Å². The molecule has 0 aliphatic carbocycles. The second kappa shape index (κ2) is 4.44. The first-order valence-electron chi connectivity index (χ1n) is 3.77. The van der Waals surface area contributed by atoms with E-state index < -0.39 is 0 Å². The molecule has 0 spiro atoms. The fourth-order valence-electron chi connectivity index (χ4n) is 1.01. The van der Waals surface area contributed by atoms with E-state index in [1.54, 1.807) is 0 Å². The average Bonchev–Trinajstić information content (AvgIpc) is 2.03. The van der Waals surface area contributed by atoms with Crippen molar-refractivity contribution in [1.29, 1.82) is 0 Å². The summed E-state index contributed by atoms with van der Waals surface area (Å²) in [4.78, 5) is 0. The maximum atomic E-state index is 6.06. The van der Waals surface area contributed by atoms with Gasteiger partial charge in [0.15, 0.2) is 0 Å². The normalized spacial score (nSPS) is 13.0. The molecule has 0 heterocycles. The van der Waals surface area contributed by atoms with Gasteiger partial charge in [-0.15, -0.1) is 0 Å². The van der Waals surface area contributed by atoms with Crippen LogP contribution in [0, 0.1) is 3.57 Å². The van der Waals surface area contributed by atoms with Crippen LogP contribution < -0.4 is 5.32 Å². The van der Waals surface area contributed by atoms with Crippen molar-refractivity contribution < 1.29 is 0 Å². The highest BCUT2D eigenvalue weighted by atomic mass is 127. The van der Waals surface area contributed by atoms with E-state index in [9.17, 15) is 0 Å². The molecule has 0 amide bonds. The topological polar surface area (TPSA) is 12.0 Å². The van der Waals surface area contributed by atoms with Crippen LogP contribution in [0.2, 0.25) is 5.02 Å². The largest absolute Gasteiger partial charge is 0.313 e. The minimum absolute atomic E-state index is 0.314. The van der Waals surface area contributed by atoms with Crippen LogP contribution in [0.1, 0.15) is 18.5 Å². The van der Waals surface area contributed by atoms with Crippen LogP contribution in [0.4, 0.5) is 0 Å². The molecule has 0 fully saturated rings. The first kappa shape index (κ1) is 10.3. The van der Waals surface area contributed by atoms with Gasteiger partial charge in [-0.05, 0) is 54.3 Å². The third-order valence-electron chi connectivity index (χ3n) is 1.86. The predicted octanol–water partition coefficient (Wildman–Crippen LogP) is 3.23. The zero-order valence-corrected chi connectivity index (χ0v) is 9.98. The lowest BCUT2D eigenvalue weighted by atomic mass is 10.1. The van der Waals surface area contributed by atoms with Crippen molar-refractivity contribution in [3.05, 3.63) is 32.4 Å². The molecule has 1 atom stereocenters. The highest BCUT2D eigenvalue weighted by molar-refractivity contribution is 14.1. The first-order valence-corrected chi connectivity index (χ1v) is 5.23. The first-order chi connectivity index (χ1) is 5.65. The summed E-state index contributed by atoms with van der Waals surface area (Å²) in [6, 6.07) is 6.42. The number of nitrogens with one attached hydrogen (secondary N) is 1. The summed E-state index contributed by atoms with van der Waals surface area (Å²) in [6.07, 6.45) is 0. The summed E-state index contributed by atoms with van der Waals surface area (Å²) >= 11 is 8.31. The van der Waals surface area contributed by atoms with Crippen LogP contribution in [0.25, 0.3) is 0 Å². The maximum Gasteiger partial charge on any atom is 0.0464 e. The van der Waals surface area contributed by atoms with Crippen LogP contribution in [0.15, 0.2) is 18.2 Å². The lowest BCUT2D eigenvalue weighted by Crippen LogP contribution is -2.12. The molecule has 1 aromatic rings. The van der Waals surface area contributed by atoms with Gasteiger partial charge in [0.1, 0.15) is 0 Å². The number of rotatable bonds is 2. The Hall–Kier alpha value is 0.200. The van der Waals surface area contributed by atoms with Gasteiger partial charge in [-0.1, -0.05) is 17.7 Å². The van der Waals surface area contributed by atoms with Crippen molar-refractivity contribution in [1.82, 2.24) is 5.32 Å². The molecule has 3 heteroatoms. The van der Waals surface area contributed by atoms with Crippen molar-refractivity contribution in [2.75, 3.05) is 7.05 Å². The van der Waals surface area contributed by atoms with Gasteiger partial charge in [0.2, 0.25) is 0 Å². The van der Waals surface area contributed by atoms with Gasteiger partial charge >= 0.3 is 0 Å². The van der Waals surface area contributed by atoms with Gasteiger partial charge in [0, 0.05) is 14.6 Å². The zero-order valence-electron chi connectivity index (χ0n) is 7.07. The molecule has 0 aliphatic rings. The molecule has 0 unspecified atom stereocenters. The molecule has 1 aromatic carbocycles. The van der Waals surface area contributed by atoms with E-state index in [2.05, 4.69) is 47.0 Å². The van der Waals surface area contributed by atoms with Crippen molar-refractivity contribution in [2.24, 2.45) is 0 Å². The van der Waals surface area contributed by atoms with Crippen molar-refractivity contribution in [3.63, 3.8) is 0 Å². The third kappa shape index (κ3) is 2.34. The van der Waals surface area contributed by atoms with Crippen LogP contribution in [-0.2, 0) is 0 Å². The molecule has 0 bridgehead atoms. The van der Waals surface area contributed by atoms with E-state index in [-0.39, 0.29) is 0 Å². The predicted molar refractivity (Wildman–Crippen MR) is 61.6 cm³/mol. The van der Waals surface area contributed by atoms with E-state index >= 15 is 0 Å². The SMILES string of the molecule is CN[C@@H](C)c1ccc(I)cc1Cl. The number of hydrogen-bond donors (Lipinski definition) is 1. The fourth-order valence-corrected chi connectivity index (χ4v) is 2.03. The summed E-state index contributed by atoms with van der Waals surface area (Å²) in [6.45, 7) is 2.09. The lowest BCUT2D eigenvalue weighted by molar-refractivity contribution is 0.652. The fraction of sp³-hybridized carbons (Fsp3) is 0.333. The molecular weight excluding hydrogens is 284 g/mol. The van der Waals surface area contributed by atoms with Crippen molar-refractivity contribution in [3.8, 4) is 0 Å². The summed E-state index contributed by atoms with van der Waals surface area (Å²) in [5.74, 6) is 0. The van der Waals surface area contributed by atoms with Crippen LogP contribution in [0.5, 0.6) is 0 Å². The highest BCUT2D eigenvalue weighted by Gasteiger charge is 2.06. The molecule has 0 aliphatic heterocycles. The minimum Gasteiger partial charge on any atom is -0.313 e. The van der Waals surface area contributed by atoms with Crippen LogP contribution in [-0.4, -0.2) is 7.05 Å². The van der Waals surface area contributed by atoms with Gasteiger partial charge in [0.25, 0.3) is 0 Å². The summed E-state index contributed by atoms with van der Waals surface area (Å²) in [5.41, 5.74) is 1.15. The molecule has 0 aromatic heterocycles. The number of halogens is 2. The second-order valence-electron chi connectivity index (χ2n) is 2.68. The standard InChI is InChI=1S/C9H11ClIN/c1-6(12-2)8-4-3-7(11)5-9(8)10/h3-6,12H,1-2H3/t6-/m0/s1. The number of hydrogen-bond acceptors (Lipinski definition) is 1. The molecular formula is C9H11ClIN. The van der Waals surface area contributed by atoms with E-state index in [1.807, 2.05) is 13.1 Å². The molecule has 1 nitrogen and oxygen atoms in total. The molecule has 0 saturated carbocycles. The number of benzene rings is 1. The van der Waals surface area contributed by atoms with E-state index in [0.717, 1.165) is 10.6 Å². The third-order valence-corrected chi connectivity index (χ3v) is 2.86. The van der Waals surface area contributed by atoms with Gasteiger partial charge in [-0.2, -0.15) is 0 Å². The second-order valence-corrected chi connectivity index (χ2v) is 4.33. The molecule has 12 heavy (non-hydrogen) atoms. The summed E-state index contributed by atoms with van der Waals surface area (Å²) in [5, 5.41) is 3.99. The molecule has 0 radical (unpaired) electrons. The molecule has 0 saturated heterocycles. The van der Waals surface area contributed by atoms with Crippen molar-refractivity contribution in [2.45, 2.75) is 13.0 Å². The smallest absolute Gasteiger partial charge is 0.0464 e.